The molecule has 0 saturated carbocycles. The van der Waals surface area contributed by atoms with Gasteiger partial charge in [-0.1, -0.05) is 60.7 Å². The molecule has 0 radical (unpaired) electrons. The van der Waals surface area contributed by atoms with Gasteiger partial charge in [-0.05, 0) is 41.0 Å². The summed E-state index contributed by atoms with van der Waals surface area (Å²) in [5.74, 6) is 0.559. The van der Waals surface area contributed by atoms with Gasteiger partial charge in [-0.3, -0.25) is 4.98 Å². The smallest absolute Gasteiger partial charge is 0.418 e. The first kappa shape index (κ1) is 23.8. The summed E-state index contributed by atoms with van der Waals surface area (Å²) < 4.78 is 47.2. The number of urea groups is 1. The molecule has 0 aliphatic rings. The number of nitrogens with zero attached hydrogens (tertiary/aromatic N) is 1. The molecule has 0 aliphatic carbocycles. The summed E-state index contributed by atoms with van der Waals surface area (Å²) in [4.78, 5) is 16.1. The van der Waals surface area contributed by atoms with E-state index in [9.17, 15) is 18.0 Å². The fourth-order valence-corrected chi connectivity index (χ4v) is 3.49. The van der Waals surface area contributed by atoms with E-state index >= 15 is 0 Å². The standard InChI is InChI=1S/C27H22F3N3O2.2H2/c28-27(29,30)23-15-19(12-13-24(23)33-26(34)32-17-20-7-6-14-31-16-20)18-35-25-11-5-4-10-22(25)21-8-2-1-3-9-21;;/h1-16H,17-18H2,(H2,32,33,34);2*1H. The maximum Gasteiger partial charge on any atom is 0.418 e. The fraction of sp³-hybridized carbons (Fsp3) is 0.111. The van der Waals surface area contributed by atoms with Crippen LogP contribution in [0.5, 0.6) is 5.75 Å². The molecule has 35 heavy (non-hydrogen) atoms. The molecule has 0 atom stereocenters. The van der Waals surface area contributed by atoms with Gasteiger partial charge < -0.3 is 15.4 Å². The number of benzene rings is 3. The number of ether oxygens (including phenoxy) is 1. The van der Waals surface area contributed by atoms with Crippen molar-refractivity contribution in [3.8, 4) is 16.9 Å². The van der Waals surface area contributed by atoms with Crippen LogP contribution in [0.25, 0.3) is 11.1 Å². The molecule has 2 amide bonds. The van der Waals surface area contributed by atoms with Crippen molar-refractivity contribution in [2.24, 2.45) is 0 Å². The van der Waals surface area contributed by atoms with Crippen molar-refractivity contribution in [1.82, 2.24) is 10.3 Å². The first-order chi connectivity index (χ1) is 16.9. The van der Waals surface area contributed by atoms with Crippen LogP contribution in [0, 0.1) is 0 Å². The van der Waals surface area contributed by atoms with Gasteiger partial charge >= 0.3 is 12.2 Å². The summed E-state index contributed by atoms with van der Waals surface area (Å²) >= 11 is 0. The first-order valence-corrected chi connectivity index (χ1v) is 10.8. The topological polar surface area (TPSA) is 63.2 Å². The highest BCUT2D eigenvalue weighted by molar-refractivity contribution is 5.90. The van der Waals surface area contributed by atoms with Crippen molar-refractivity contribution in [2.75, 3.05) is 5.32 Å². The van der Waals surface area contributed by atoms with Crippen LogP contribution in [0.2, 0.25) is 0 Å². The van der Waals surface area contributed by atoms with Gasteiger partial charge in [-0.15, -0.1) is 0 Å². The van der Waals surface area contributed by atoms with Crippen LogP contribution in [0.15, 0.2) is 97.3 Å². The number of anilines is 1. The van der Waals surface area contributed by atoms with E-state index in [4.69, 9.17) is 4.74 Å². The average molecular weight is 482 g/mol. The molecule has 0 fully saturated rings. The predicted molar refractivity (Wildman–Crippen MR) is 132 cm³/mol. The number of amides is 2. The van der Waals surface area contributed by atoms with E-state index in [-0.39, 0.29) is 21.7 Å². The third-order valence-corrected chi connectivity index (χ3v) is 5.18. The largest absolute Gasteiger partial charge is 0.488 e. The van der Waals surface area contributed by atoms with Crippen LogP contribution in [0.3, 0.4) is 0 Å². The van der Waals surface area contributed by atoms with Crippen LogP contribution in [-0.4, -0.2) is 11.0 Å². The maximum atomic E-state index is 13.8. The van der Waals surface area contributed by atoms with Gasteiger partial charge in [0.25, 0.3) is 0 Å². The molecule has 4 aromatic rings. The number of para-hydroxylation sites is 1. The highest BCUT2D eigenvalue weighted by Crippen LogP contribution is 2.36. The molecule has 0 aliphatic heterocycles. The molecule has 0 spiro atoms. The molecule has 8 heteroatoms. The van der Waals surface area contributed by atoms with Gasteiger partial charge in [0.05, 0.1) is 11.3 Å². The summed E-state index contributed by atoms with van der Waals surface area (Å²) in [5, 5.41) is 4.81. The average Bonchev–Trinajstić information content (AvgIpc) is 2.87. The second-order valence-electron chi connectivity index (χ2n) is 7.70. The van der Waals surface area contributed by atoms with E-state index in [0.29, 0.717) is 11.3 Å². The van der Waals surface area contributed by atoms with Crippen LogP contribution in [0.4, 0.5) is 23.7 Å². The minimum atomic E-state index is -4.66. The molecule has 0 saturated heterocycles. The Kier molecular flexibility index (Phi) is 7.30. The van der Waals surface area contributed by atoms with E-state index in [1.54, 1.807) is 36.7 Å². The number of halogens is 3. The zero-order valence-electron chi connectivity index (χ0n) is 18.5. The third kappa shape index (κ3) is 6.38. The number of pyridine rings is 1. The SMILES string of the molecule is O=C(NCc1cccnc1)Nc1ccc(COc2ccccc2-c2ccccc2)cc1C(F)(F)F.[HH].[HH]. The van der Waals surface area contributed by atoms with Crippen molar-refractivity contribution in [3.05, 3.63) is 114 Å². The Bertz CT molecular complexity index is 1290. The Balaban J connectivity index is 0.00000241. The van der Waals surface area contributed by atoms with E-state index in [2.05, 4.69) is 15.6 Å². The predicted octanol–water partition coefficient (Wildman–Crippen LogP) is 7.16. The number of carbonyl (C=O) groups is 1. The van der Waals surface area contributed by atoms with Crippen LogP contribution < -0.4 is 15.4 Å². The highest BCUT2D eigenvalue weighted by Gasteiger charge is 2.34. The second kappa shape index (κ2) is 10.7. The van der Waals surface area contributed by atoms with Crippen molar-refractivity contribution in [3.63, 3.8) is 0 Å². The van der Waals surface area contributed by atoms with Gasteiger partial charge in [-0.25, -0.2) is 4.79 Å². The van der Waals surface area contributed by atoms with Gasteiger partial charge in [0.2, 0.25) is 0 Å². The highest BCUT2D eigenvalue weighted by atomic mass is 19.4. The molecule has 5 nitrogen and oxygen atoms in total. The molecule has 182 valence electrons. The summed E-state index contributed by atoms with van der Waals surface area (Å²) in [5.41, 5.74) is 1.54. The number of hydrogen-bond acceptors (Lipinski definition) is 3. The monoisotopic (exact) mass is 481 g/mol. The lowest BCUT2D eigenvalue weighted by Crippen LogP contribution is -2.29. The summed E-state index contributed by atoms with van der Waals surface area (Å²) in [6.07, 6.45) is -1.51. The number of carbonyl (C=O) groups excluding carboxylic acids is 1. The Morgan fingerprint density at radius 2 is 1.69 bits per heavy atom. The minimum Gasteiger partial charge on any atom is -0.488 e. The van der Waals surface area contributed by atoms with Crippen molar-refractivity contribution >= 4 is 11.7 Å². The van der Waals surface area contributed by atoms with Gasteiger partial charge in [0.15, 0.2) is 0 Å². The molecule has 1 aromatic heterocycles. The number of hydrogen-bond donors (Lipinski definition) is 2. The number of aromatic nitrogens is 1. The van der Waals surface area contributed by atoms with E-state index in [0.717, 1.165) is 22.8 Å². The fourth-order valence-electron chi connectivity index (χ4n) is 3.49. The van der Waals surface area contributed by atoms with Gasteiger partial charge in [-0.2, -0.15) is 13.2 Å². The lowest BCUT2D eigenvalue weighted by molar-refractivity contribution is -0.137. The molecule has 0 unspecified atom stereocenters. The Labute approximate surface area is 203 Å². The number of alkyl halides is 3. The lowest BCUT2D eigenvalue weighted by atomic mass is 10.0. The van der Waals surface area contributed by atoms with E-state index in [1.165, 1.54) is 12.1 Å². The number of rotatable bonds is 7. The second-order valence-corrected chi connectivity index (χ2v) is 7.70. The summed E-state index contributed by atoms with van der Waals surface area (Å²) in [6, 6.07) is 23.3. The van der Waals surface area contributed by atoms with Crippen LogP contribution in [0.1, 0.15) is 19.5 Å². The zero-order chi connectivity index (χ0) is 24.7. The first-order valence-electron chi connectivity index (χ1n) is 10.8. The van der Waals surface area contributed by atoms with E-state index in [1.807, 2.05) is 42.5 Å². The lowest BCUT2D eigenvalue weighted by Gasteiger charge is -2.17. The summed E-state index contributed by atoms with van der Waals surface area (Å²) in [7, 11) is 0. The van der Waals surface area contributed by atoms with Gasteiger partial charge in [0, 0.05) is 27.4 Å². The Morgan fingerprint density at radius 1 is 0.914 bits per heavy atom. The van der Waals surface area contributed by atoms with Crippen LogP contribution >= 0.6 is 0 Å². The van der Waals surface area contributed by atoms with Crippen molar-refractivity contribution in [2.45, 2.75) is 19.3 Å². The van der Waals surface area contributed by atoms with Gasteiger partial charge in [0.1, 0.15) is 12.4 Å². The Hall–Kier alpha value is -4.33. The van der Waals surface area contributed by atoms with Crippen molar-refractivity contribution in [1.29, 1.82) is 0 Å². The van der Waals surface area contributed by atoms with Crippen LogP contribution in [-0.2, 0) is 19.3 Å². The van der Waals surface area contributed by atoms with E-state index < -0.39 is 17.8 Å². The molecule has 4 rings (SSSR count). The molecule has 2 N–H and O–H groups in total. The quantitative estimate of drug-likeness (QED) is 0.294. The maximum absolute atomic E-state index is 13.8. The summed E-state index contributed by atoms with van der Waals surface area (Å²) in [6.45, 7) is 0.0637. The third-order valence-electron chi connectivity index (χ3n) is 5.18. The Morgan fingerprint density at radius 3 is 2.43 bits per heavy atom. The normalized spacial score (nSPS) is 11.1. The molecule has 0 bridgehead atoms. The molecule has 1 heterocycles. The molecular weight excluding hydrogens is 455 g/mol. The van der Waals surface area contributed by atoms with Crippen molar-refractivity contribution < 1.29 is 25.6 Å². The zero-order valence-corrected chi connectivity index (χ0v) is 18.5. The number of nitrogens with one attached hydrogen (secondary N) is 2. The molecule has 3 aromatic carbocycles. The molecular formula is C27H26F3N3O2. The minimum absolute atomic E-state index is 0.